The van der Waals surface area contributed by atoms with Crippen molar-refractivity contribution in [2.75, 3.05) is 7.11 Å². The number of nitrogens with zero attached hydrogens (tertiary/aromatic N) is 1. The fourth-order valence-electron chi connectivity index (χ4n) is 2.85. The van der Waals surface area contributed by atoms with Crippen LogP contribution in [-0.4, -0.2) is 12.1 Å². The third kappa shape index (κ3) is 3.87. The molecule has 0 radical (unpaired) electrons. The molecule has 0 saturated heterocycles. The van der Waals surface area contributed by atoms with Crippen LogP contribution in [0.3, 0.4) is 0 Å². The first-order valence-electron chi connectivity index (χ1n) is 8.31. The molecule has 0 amide bonds. The van der Waals surface area contributed by atoms with Gasteiger partial charge in [-0.05, 0) is 47.9 Å². The van der Waals surface area contributed by atoms with Crippen LogP contribution in [0.5, 0.6) is 5.75 Å². The topological polar surface area (TPSA) is 48.1 Å². The van der Waals surface area contributed by atoms with Crippen LogP contribution in [0.2, 0.25) is 5.02 Å². The number of benzene rings is 2. The van der Waals surface area contributed by atoms with E-state index in [-0.39, 0.29) is 11.9 Å². The summed E-state index contributed by atoms with van der Waals surface area (Å²) in [5.74, 6) is 0.154. The Morgan fingerprint density at radius 1 is 1.19 bits per heavy atom. The molecule has 0 aliphatic rings. The standard InChI is InChI=1S/C21H20ClFN2O/c1-13(24)18-8-6-14(12-25-18)10-16-7-9-19(26-2)20(21(16)23)15-4-3-5-17(22)11-15/h3-9,11-13H,10,24H2,1-2H3. The molecule has 0 fully saturated rings. The minimum atomic E-state index is -0.317. The summed E-state index contributed by atoms with van der Waals surface area (Å²) in [5, 5.41) is 0.546. The third-order valence-corrected chi connectivity index (χ3v) is 4.46. The summed E-state index contributed by atoms with van der Waals surface area (Å²) in [7, 11) is 1.53. The summed E-state index contributed by atoms with van der Waals surface area (Å²) >= 11 is 6.07. The van der Waals surface area contributed by atoms with Crippen molar-refractivity contribution in [1.29, 1.82) is 0 Å². The molecular weight excluding hydrogens is 351 g/mol. The molecule has 26 heavy (non-hydrogen) atoms. The van der Waals surface area contributed by atoms with Crippen LogP contribution in [0.4, 0.5) is 4.39 Å². The van der Waals surface area contributed by atoms with Gasteiger partial charge in [0.2, 0.25) is 0 Å². The van der Waals surface area contributed by atoms with Gasteiger partial charge in [0.1, 0.15) is 11.6 Å². The van der Waals surface area contributed by atoms with Crippen molar-refractivity contribution in [3.63, 3.8) is 0 Å². The Balaban J connectivity index is 2.00. The fraction of sp³-hybridized carbons (Fsp3) is 0.190. The van der Waals surface area contributed by atoms with Gasteiger partial charge in [-0.15, -0.1) is 0 Å². The Labute approximate surface area is 157 Å². The predicted molar refractivity (Wildman–Crippen MR) is 103 cm³/mol. The SMILES string of the molecule is COc1ccc(Cc2ccc(C(C)N)nc2)c(F)c1-c1cccc(Cl)c1. The summed E-state index contributed by atoms with van der Waals surface area (Å²) in [4.78, 5) is 4.34. The van der Waals surface area contributed by atoms with E-state index < -0.39 is 0 Å². The second kappa shape index (κ2) is 7.85. The van der Waals surface area contributed by atoms with Gasteiger partial charge in [0.15, 0.2) is 0 Å². The zero-order valence-corrected chi connectivity index (χ0v) is 15.4. The summed E-state index contributed by atoms with van der Waals surface area (Å²) in [6.45, 7) is 1.88. The number of aromatic nitrogens is 1. The van der Waals surface area contributed by atoms with Crippen LogP contribution in [0.25, 0.3) is 11.1 Å². The van der Waals surface area contributed by atoms with E-state index in [1.165, 1.54) is 7.11 Å². The van der Waals surface area contributed by atoms with E-state index in [1.807, 2.05) is 25.1 Å². The monoisotopic (exact) mass is 370 g/mol. The smallest absolute Gasteiger partial charge is 0.138 e. The van der Waals surface area contributed by atoms with E-state index in [9.17, 15) is 0 Å². The molecule has 0 spiro atoms. The number of pyridine rings is 1. The number of hydrogen-bond acceptors (Lipinski definition) is 3. The number of ether oxygens (including phenoxy) is 1. The summed E-state index contributed by atoms with van der Waals surface area (Å²) in [6.07, 6.45) is 2.16. The lowest BCUT2D eigenvalue weighted by atomic mass is 9.97. The van der Waals surface area contributed by atoms with Crippen molar-refractivity contribution < 1.29 is 9.13 Å². The van der Waals surface area contributed by atoms with Gasteiger partial charge >= 0.3 is 0 Å². The first kappa shape index (κ1) is 18.4. The number of nitrogens with two attached hydrogens (primary N) is 1. The van der Waals surface area contributed by atoms with Gasteiger partial charge in [-0.25, -0.2) is 4.39 Å². The Bertz CT molecular complexity index is 910. The Morgan fingerprint density at radius 2 is 2.00 bits per heavy atom. The van der Waals surface area contributed by atoms with Crippen molar-refractivity contribution in [2.45, 2.75) is 19.4 Å². The molecule has 3 rings (SSSR count). The first-order chi connectivity index (χ1) is 12.5. The minimum Gasteiger partial charge on any atom is -0.496 e. The number of rotatable bonds is 5. The fourth-order valence-corrected chi connectivity index (χ4v) is 3.04. The molecule has 1 aromatic heterocycles. The van der Waals surface area contributed by atoms with Crippen molar-refractivity contribution in [1.82, 2.24) is 4.98 Å². The average Bonchev–Trinajstić information content (AvgIpc) is 2.63. The molecule has 0 aliphatic carbocycles. The van der Waals surface area contributed by atoms with Crippen LogP contribution in [0.15, 0.2) is 54.7 Å². The highest BCUT2D eigenvalue weighted by Crippen LogP contribution is 2.36. The molecule has 1 heterocycles. The van der Waals surface area contributed by atoms with Gasteiger partial charge in [0.05, 0.1) is 18.4 Å². The molecule has 0 bridgehead atoms. The van der Waals surface area contributed by atoms with E-state index in [0.717, 1.165) is 11.3 Å². The molecule has 5 heteroatoms. The molecule has 134 valence electrons. The molecule has 2 aromatic carbocycles. The second-order valence-electron chi connectivity index (χ2n) is 6.18. The van der Waals surface area contributed by atoms with Gasteiger partial charge in [-0.1, -0.05) is 35.9 Å². The zero-order valence-electron chi connectivity index (χ0n) is 14.7. The van der Waals surface area contributed by atoms with Gasteiger partial charge in [-0.3, -0.25) is 4.98 Å². The highest BCUT2D eigenvalue weighted by molar-refractivity contribution is 6.30. The molecule has 0 saturated carbocycles. The number of hydrogen-bond donors (Lipinski definition) is 1. The zero-order chi connectivity index (χ0) is 18.7. The van der Waals surface area contributed by atoms with Crippen LogP contribution in [-0.2, 0) is 6.42 Å². The lowest BCUT2D eigenvalue weighted by Crippen LogP contribution is -2.07. The summed E-state index contributed by atoms with van der Waals surface area (Å²) < 4.78 is 20.6. The molecule has 1 unspecified atom stereocenters. The number of halogens is 2. The maximum absolute atomic E-state index is 15.3. The van der Waals surface area contributed by atoms with Crippen LogP contribution in [0, 0.1) is 5.82 Å². The predicted octanol–water partition coefficient (Wildman–Crippen LogP) is 5.16. The van der Waals surface area contributed by atoms with Crippen molar-refractivity contribution in [3.05, 3.63) is 82.4 Å². The average molecular weight is 371 g/mol. The molecule has 3 nitrogen and oxygen atoms in total. The highest BCUT2D eigenvalue weighted by Gasteiger charge is 2.17. The Morgan fingerprint density at radius 3 is 2.62 bits per heavy atom. The minimum absolute atomic E-state index is 0.129. The quantitative estimate of drug-likeness (QED) is 0.674. The lowest BCUT2D eigenvalue weighted by molar-refractivity contribution is 0.413. The molecular formula is C21H20ClFN2O. The van der Waals surface area contributed by atoms with E-state index in [2.05, 4.69) is 4.98 Å². The van der Waals surface area contributed by atoms with Crippen LogP contribution in [0.1, 0.15) is 29.8 Å². The summed E-state index contributed by atoms with van der Waals surface area (Å²) in [5.41, 5.74) is 9.20. The van der Waals surface area contributed by atoms with Crippen molar-refractivity contribution in [3.8, 4) is 16.9 Å². The Hall–Kier alpha value is -2.43. The van der Waals surface area contributed by atoms with Crippen molar-refractivity contribution in [2.24, 2.45) is 5.73 Å². The molecule has 0 aliphatic heterocycles. The third-order valence-electron chi connectivity index (χ3n) is 4.23. The van der Waals surface area contributed by atoms with Crippen LogP contribution >= 0.6 is 11.6 Å². The Kier molecular flexibility index (Phi) is 5.55. The van der Waals surface area contributed by atoms with Gasteiger partial charge < -0.3 is 10.5 Å². The van der Waals surface area contributed by atoms with Crippen molar-refractivity contribution >= 4 is 11.6 Å². The van der Waals surface area contributed by atoms with Crippen LogP contribution < -0.4 is 10.5 Å². The van der Waals surface area contributed by atoms with Gasteiger partial charge in [0.25, 0.3) is 0 Å². The van der Waals surface area contributed by atoms with Gasteiger partial charge in [-0.2, -0.15) is 0 Å². The molecule has 2 N–H and O–H groups in total. The molecule has 3 aromatic rings. The normalized spacial score (nSPS) is 12.0. The van der Waals surface area contributed by atoms with E-state index in [4.69, 9.17) is 22.1 Å². The first-order valence-corrected chi connectivity index (χ1v) is 8.69. The maximum Gasteiger partial charge on any atom is 0.138 e. The maximum atomic E-state index is 15.3. The second-order valence-corrected chi connectivity index (χ2v) is 6.62. The summed E-state index contributed by atoms with van der Waals surface area (Å²) in [6, 6.07) is 14.3. The van der Waals surface area contributed by atoms with E-state index in [0.29, 0.717) is 33.9 Å². The highest BCUT2D eigenvalue weighted by atomic mass is 35.5. The molecule has 1 atom stereocenters. The largest absolute Gasteiger partial charge is 0.496 e. The number of methoxy groups -OCH3 is 1. The van der Waals surface area contributed by atoms with E-state index in [1.54, 1.807) is 36.5 Å². The van der Waals surface area contributed by atoms with E-state index >= 15 is 4.39 Å². The van der Waals surface area contributed by atoms with Gasteiger partial charge in [0, 0.05) is 23.7 Å². The lowest BCUT2D eigenvalue weighted by Gasteiger charge is -2.14.